The van der Waals surface area contributed by atoms with Crippen molar-refractivity contribution in [2.24, 2.45) is 0 Å². The molecular weight excluding hydrogens is 971 g/mol. The minimum absolute atomic E-state index is 0.0486. The number of methoxy groups -OCH3 is 1. The lowest BCUT2D eigenvalue weighted by Gasteiger charge is -2.28. The summed E-state index contributed by atoms with van der Waals surface area (Å²) in [5, 5.41) is 2.10. The Kier molecular flexibility index (Phi) is 15.1. The number of ketones is 1. The average Bonchev–Trinajstić information content (AvgIpc) is 3.86. The number of benzene rings is 5. The van der Waals surface area contributed by atoms with Crippen molar-refractivity contribution >= 4 is 72.3 Å². The van der Waals surface area contributed by atoms with Gasteiger partial charge in [0.05, 0.1) is 20.3 Å². The van der Waals surface area contributed by atoms with Gasteiger partial charge < -0.3 is 34.1 Å². The van der Waals surface area contributed by atoms with Gasteiger partial charge in [-0.1, -0.05) is 58.0 Å². The van der Waals surface area contributed by atoms with Crippen LogP contribution in [-0.2, 0) is 62.8 Å². The van der Waals surface area contributed by atoms with Gasteiger partial charge in [-0.15, -0.1) is 0 Å². The van der Waals surface area contributed by atoms with Crippen molar-refractivity contribution in [1.82, 2.24) is 0 Å². The van der Waals surface area contributed by atoms with Gasteiger partial charge in [-0.2, -0.15) is 8.42 Å². The molecule has 1 N–H and O–H groups in total. The van der Waals surface area contributed by atoms with E-state index in [4.69, 9.17) is 18.4 Å². The fourth-order valence-electron chi connectivity index (χ4n) is 10.4. The monoisotopic (exact) mass is 1030 g/mol. The number of carbonyl (C=O) groups is 4. The molecule has 0 aliphatic carbocycles. The SMILES string of the molecule is COc1cc2c(cc1OCc1cc(COc3cc4c(cc3C)C(=O)N3c5ccccc5C[C@H]3C(S(=O)(=O)OC)C4)cc(NC(=O)CCC(C)(C)SSCCCC(C)=O)c1)CC[C@@H]1Cc3ccccc3N1C2=O. The second-order valence-electron chi connectivity index (χ2n) is 19.7. The quantitative estimate of drug-likeness (QED) is 0.0475. The van der Waals surface area contributed by atoms with Crippen LogP contribution in [0, 0.1) is 6.92 Å². The highest BCUT2D eigenvalue weighted by Crippen LogP contribution is 2.44. The largest absolute Gasteiger partial charge is 0.493 e. The minimum atomic E-state index is -4.07. The molecule has 0 spiro atoms. The van der Waals surface area contributed by atoms with E-state index in [9.17, 15) is 27.6 Å². The molecule has 0 bridgehead atoms. The van der Waals surface area contributed by atoms with Gasteiger partial charge >= 0.3 is 0 Å². The van der Waals surface area contributed by atoms with E-state index in [0.29, 0.717) is 76.6 Å². The van der Waals surface area contributed by atoms with Crippen LogP contribution in [0.15, 0.2) is 91.0 Å². The molecule has 5 aromatic rings. The molecule has 0 saturated carbocycles. The van der Waals surface area contributed by atoms with Crippen molar-refractivity contribution in [2.45, 2.75) is 121 Å². The maximum Gasteiger partial charge on any atom is 0.272 e. The zero-order chi connectivity index (χ0) is 50.9. The number of fused-ring (bicyclic) bond motifs is 8. The summed E-state index contributed by atoms with van der Waals surface area (Å²) >= 11 is 0. The van der Waals surface area contributed by atoms with E-state index in [1.54, 1.807) is 58.7 Å². The molecule has 0 fully saturated rings. The van der Waals surface area contributed by atoms with Gasteiger partial charge in [-0.3, -0.25) is 18.6 Å². The Hall–Kier alpha value is -5.81. The third kappa shape index (κ3) is 10.9. The van der Waals surface area contributed by atoms with Crippen LogP contribution in [0.4, 0.5) is 17.1 Å². The van der Waals surface area contributed by atoms with Crippen LogP contribution in [-0.4, -0.2) is 74.0 Å². The second kappa shape index (κ2) is 21.3. The smallest absolute Gasteiger partial charge is 0.272 e. The Morgan fingerprint density at radius 2 is 1.39 bits per heavy atom. The van der Waals surface area contributed by atoms with Gasteiger partial charge in [0.25, 0.3) is 21.9 Å². The molecule has 0 aromatic heterocycles. The number of ether oxygens (including phenoxy) is 3. The summed E-state index contributed by atoms with van der Waals surface area (Å²) in [5.74, 6) is 1.98. The first-order chi connectivity index (χ1) is 34.5. The van der Waals surface area contributed by atoms with Crippen LogP contribution >= 0.6 is 21.6 Å². The van der Waals surface area contributed by atoms with Crippen molar-refractivity contribution < 1.29 is 46.0 Å². The number of hydrogen-bond acceptors (Lipinski definition) is 12. The minimum Gasteiger partial charge on any atom is -0.493 e. The van der Waals surface area contributed by atoms with Crippen LogP contribution in [0.25, 0.3) is 0 Å². The third-order valence-electron chi connectivity index (χ3n) is 14.1. The first kappa shape index (κ1) is 51.1. The molecule has 4 aliphatic rings. The molecule has 13 nitrogen and oxygen atoms in total. The number of para-hydroxylation sites is 2. The van der Waals surface area contributed by atoms with Crippen molar-refractivity contribution in [3.63, 3.8) is 0 Å². The molecule has 378 valence electrons. The van der Waals surface area contributed by atoms with Gasteiger partial charge in [-0.25, -0.2) is 0 Å². The zero-order valence-electron chi connectivity index (χ0n) is 41.6. The first-order valence-electron chi connectivity index (χ1n) is 24.5. The third-order valence-corrected chi connectivity index (χ3v) is 19.2. The molecule has 4 heterocycles. The van der Waals surface area contributed by atoms with Gasteiger partial charge in [0.1, 0.15) is 30.0 Å². The summed E-state index contributed by atoms with van der Waals surface area (Å²) in [7, 11) is 2.09. The number of nitrogens with one attached hydrogen (secondary N) is 1. The molecule has 0 saturated heterocycles. The molecule has 0 radical (unpaired) electrons. The highest BCUT2D eigenvalue weighted by Gasteiger charge is 2.48. The normalized spacial score (nSPS) is 17.9. The fourth-order valence-corrected chi connectivity index (χ4v) is 14.3. The van der Waals surface area contributed by atoms with Gasteiger partial charge in [-0.05, 0) is 166 Å². The molecule has 4 aliphatic heterocycles. The van der Waals surface area contributed by atoms with E-state index >= 15 is 0 Å². The number of nitrogens with zero attached hydrogens (tertiary/aromatic N) is 2. The molecule has 5 aromatic carbocycles. The van der Waals surface area contributed by atoms with Crippen molar-refractivity contribution in [3.8, 4) is 17.2 Å². The van der Waals surface area contributed by atoms with Gasteiger partial charge in [0.15, 0.2) is 11.5 Å². The first-order valence-corrected chi connectivity index (χ1v) is 28.3. The molecule has 3 amide bonds. The number of carbonyl (C=O) groups excluding carboxylic acids is 4. The van der Waals surface area contributed by atoms with E-state index in [1.807, 2.05) is 78.6 Å². The van der Waals surface area contributed by atoms with Crippen LogP contribution in [0.2, 0.25) is 0 Å². The van der Waals surface area contributed by atoms with Crippen molar-refractivity contribution in [1.29, 1.82) is 0 Å². The topological polar surface area (TPSA) is 158 Å². The van der Waals surface area contributed by atoms with Gasteiger partial charge in [0.2, 0.25) is 5.91 Å². The number of amides is 3. The summed E-state index contributed by atoms with van der Waals surface area (Å²) in [5.41, 5.74) is 8.91. The fraction of sp³-hybridized carbons (Fsp3) is 0.393. The predicted octanol–water partition coefficient (Wildman–Crippen LogP) is 10.4. The lowest BCUT2D eigenvalue weighted by Crippen LogP contribution is -2.47. The zero-order valence-corrected chi connectivity index (χ0v) is 44.0. The maximum absolute atomic E-state index is 14.4. The Labute approximate surface area is 430 Å². The molecular formula is C56H61N3O10S3. The summed E-state index contributed by atoms with van der Waals surface area (Å²) in [6.07, 6.45) is 5.05. The molecule has 72 heavy (non-hydrogen) atoms. The Balaban J connectivity index is 0.962. The summed E-state index contributed by atoms with van der Waals surface area (Å²) in [4.78, 5) is 57.1. The van der Waals surface area contributed by atoms with E-state index in [-0.39, 0.29) is 60.3 Å². The standard InChI is InChI=1S/C56H61N3O10S3/c1-34-22-44-41(30-52(72(64,65)67-6)48-27-40-14-8-10-16-47(40)59(48)55(44)63)29-49(34)68-32-36-23-37(25-42(24-36)57-53(61)19-20-56(3,4)71-70-21-11-12-35(2)60)33-69-51-28-38-17-18-43-26-39-13-7-9-15-46(39)58(43)54(62)45(38)31-50(51)66-5/h7-10,13-16,22-25,28-29,31,43,48,52H,11-12,17-21,26-27,30,32-33H2,1-6H3,(H,57,61)/t43-,48+,52?/m1/s1. The van der Waals surface area contributed by atoms with Crippen LogP contribution in [0.5, 0.6) is 17.2 Å². The van der Waals surface area contributed by atoms with Crippen molar-refractivity contribution in [2.75, 3.05) is 35.1 Å². The number of Topliss-reactive ketones (excluding diaryl/α,β-unsaturated/α-hetero) is 1. The molecule has 16 heteroatoms. The second-order valence-corrected chi connectivity index (χ2v) is 24.8. The lowest BCUT2D eigenvalue weighted by molar-refractivity contribution is -0.117. The summed E-state index contributed by atoms with van der Waals surface area (Å²) in [6, 6.07) is 27.9. The number of rotatable bonds is 19. The van der Waals surface area contributed by atoms with E-state index in [0.717, 1.165) is 60.1 Å². The highest BCUT2D eigenvalue weighted by molar-refractivity contribution is 8.77. The highest BCUT2D eigenvalue weighted by atomic mass is 33.1. The molecule has 1 unspecified atom stereocenters. The molecule has 9 rings (SSSR count). The maximum atomic E-state index is 14.4. The number of aryl methyl sites for hydroxylation is 2. The van der Waals surface area contributed by atoms with E-state index < -0.39 is 21.4 Å². The Bertz CT molecular complexity index is 3050. The number of anilines is 3. The van der Waals surface area contributed by atoms with E-state index in [2.05, 4.69) is 25.2 Å². The van der Waals surface area contributed by atoms with Crippen LogP contribution in [0.3, 0.4) is 0 Å². The Morgan fingerprint density at radius 3 is 2.08 bits per heavy atom. The van der Waals surface area contributed by atoms with Gasteiger partial charge in [0, 0.05) is 57.6 Å². The van der Waals surface area contributed by atoms with Crippen molar-refractivity contribution in [3.05, 3.63) is 141 Å². The number of hydrogen-bond donors (Lipinski definition) is 1. The predicted molar refractivity (Wildman–Crippen MR) is 284 cm³/mol. The average molecular weight is 1030 g/mol. The van der Waals surface area contributed by atoms with Crippen LogP contribution < -0.4 is 29.3 Å². The molecule has 3 atom stereocenters. The Morgan fingerprint density at radius 1 is 0.750 bits per heavy atom. The van der Waals surface area contributed by atoms with Crippen LogP contribution in [0.1, 0.15) is 113 Å². The summed E-state index contributed by atoms with van der Waals surface area (Å²) < 4.78 is 51.0. The summed E-state index contributed by atoms with van der Waals surface area (Å²) in [6.45, 7) is 7.87. The lowest BCUT2D eigenvalue weighted by atomic mass is 9.97. The van der Waals surface area contributed by atoms with E-state index in [1.165, 1.54) is 5.56 Å².